The first-order valence-electron chi connectivity index (χ1n) is 9.61. The third-order valence-corrected chi connectivity index (χ3v) is 6.56. The zero-order valence-corrected chi connectivity index (χ0v) is 18.5. The molecule has 0 saturated carbocycles. The van der Waals surface area contributed by atoms with Gasteiger partial charge in [0.05, 0.1) is 16.6 Å². The van der Waals surface area contributed by atoms with Crippen molar-refractivity contribution in [1.29, 1.82) is 0 Å². The van der Waals surface area contributed by atoms with Crippen molar-refractivity contribution >= 4 is 39.2 Å². The summed E-state index contributed by atoms with van der Waals surface area (Å²) >= 11 is 3.30. The lowest BCUT2D eigenvalue weighted by Gasteiger charge is -2.18. The van der Waals surface area contributed by atoms with Crippen LogP contribution in [0.25, 0.3) is 10.2 Å². The van der Waals surface area contributed by atoms with Gasteiger partial charge in [0, 0.05) is 24.4 Å². The molecule has 7 heteroatoms. The number of hydrogen-bond donors (Lipinski definition) is 0. The lowest BCUT2D eigenvalue weighted by Crippen LogP contribution is -2.19. The van der Waals surface area contributed by atoms with E-state index in [0.717, 1.165) is 49.9 Å². The van der Waals surface area contributed by atoms with E-state index in [1.807, 2.05) is 31.2 Å². The van der Waals surface area contributed by atoms with Gasteiger partial charge in [0.1, 0.15) is 13.2 Å². The lowest BCUT2D eigenvalue weighted by atomic mass is 10.0. The van der Waals surface area contributed by atoms with Crippen molar-refractivity contribution in [2.24, 2.45) is 4.99 Å². The fraction of sp³-hybridized carbons (Fsp3) is 0.364. The van der Waals surface area contributed by atoms with Crippen LogP contribution in [0.1, 0.15) is 16.7 Å². The van der Waals surface area contributed by atoms with E-state index in [1.54, 1.807) is 11.8 Å². The highest BCUT2D eigenvalue weighted by atomic mass is 32.2. The molecule has 1 aliphatic rings. The molecule has 3 aromatic rings. The van der Waals surface area contributed by atoms with Crippen molar-refractivity contribution in [3.8, 4) is 11.5 Å². The zero-order valence-electron chi connectivity index (χ0n) is 16.9. The Morgan fingerprint density at radius 1 is 1.17 bits per heavy atom. The van der Waals surface area contributed by atoms with Crippen molar-refractivity contribution in [2.75, 3.05) is 25.2 Å². The summed E-state index contributed by atoms with van der Waals surface area (Å²) in [5.74, 6) is 2.33. The molecule has 0 N–H and O–H groups in total. The molecule has 4 rings (SSSR count). The quantitative estimate of drug-likeness (QED) is 0.613. The van der Waals surface area contributed by atoms with Crippen LogP contribution < -0.4 is 14.3 Å². The molecule has 2 aromatic carbocycles. The highest BCUT2D eigenvalue weighted by molar-refractivity contribution is 7.98. The molecule has 0 atom stereocenters. The molecule has 0 radical (unpaired) electrons. The van der Waals surface area contributed by atoms with Crippen LogP contribution >= 0.6 is 23.1 Å². The predicted octanol–water partition coefficient (Wildman–Crippen LogP) is 4.12. The van der Waals surface area contributed by atoms with Crippen molar-refractivity contribution in [3.05, 3.63) is 51.8 Å². The summed E-state index contributed by atoms with van der Waals surface area (Å²) in [6.45, 7) is 6.00. The van der Waals surface area contributed by atoms with Crippen molar-refractivity contribution in [2.45, 2.75) is 26.8 Å². The van der Waals surface area contributed by atoms with Crippen LogP contribution in [-0.4, -0.2) is 35.7 Å². The molecule has 29 heavy (non-hydrogen) atoms. The Morgan fingerprint density at radius 2 is 1.93 bits per heavy atom. The first-order valence-corrected chi connectivity index (χ1v) is 11.8. The SMILES string of the molecule is CSCCn1c(=NC(=O)Cc2ccc(C)cc2C)sc2cc3c(cc21)OCCO3. The molecule has 0 bridgehead atoms. The van der Waals surface area contributed by atoms with Gasteiger partial charge in [0.2, 0.25) is 0 Å². The monoisotopic (exact) mass is 428 g/mol. The topological polar surface area (TPSA) is 52.8 Å². The molecule has 0 unspecified atom stereocenters. The fourth-order valence-electron chi connectivity index (χ4n) is 3.44. The average Bonchev–Trinajstić information content (AvgIpc) is 3.02. The molecule has 5 nitrogen and oxygen atoms in total. The van der Waals surface area contributed by atoms with E-state index in [2.05, 4.69) is 28.8 Å². The Morgan fingerprint density at radius 3 is 2.66 bits per heavy atom. The van der Waals surface area contributed by atoms with Gasteiger partial charge in [0.15, 0.2) is 16.3 Å². The number of hydrogen-bond acceptors (Lipinski definition) is 5. The molecule has 0 aliphatic carbocycles. The Hall–Kier alpha value is -2.25. The Balaban J connectivity index is 1.73. The number of thiazole rings is 1. The van der Waals surface area contributed by atoms with Crippen molar-refractivity contribution in [1.82, 2.24) is 4.57 Å². The minimum Gasteiger partial charge on any atom is -0.486 e. The van der Waals surface area contributed by atoms with Crippen LogP contribution in [0.4, 0.5) is 0 Å². The third kappa shape index (κ3) is 4.36. The smallest absolute Gasteiger partial charge is 0.252 e. The molecule has 1 aliphatic heterocycles. The molecule has 152 valence electrons. The molecule has 2 heterocycles. The van der Waals surface area contributed by atoms with Crippen LogP contribution in [0, 0.1) is 13.8 Å². The van der Waals surface area contributed by atoms with Gasteiger partial charge in [0.25, 0.3) is 5.91 Å². The largest absolute Gasteiger partial charge is 0.486 e. The normalized spacial score (nSPS) is 13.8. The third-order valence-electron chi connectivity index (χ3n) is 4.93. The average molecular weight is 429 g/mol. The number of aromatic nitrogens is 1. The summed E-state index contributed by atoms with van der Waals surface area (Å²) in [6, 6.07) is 10.2. The first-order chi connectivity index (χ1) is 14.0. The summed E-state index contributed by atoms with van der Waals surface area (Å²) < 4.78 is 14.6. The molecular weight excluding hydrogens is 404 g/mol. The van der Waals surface area contributed by atoms with E-state index in [-0.39, 0.29) is 5.91 Å². The Kier molecular flexibility index (Phi) is 5.96. The second kappa shape index (κ2) is 8.63. The van der Waals surface area contributed by atoms with Gasteiger partial charge >= 0.3 is 0 Å². The van der Waals surface area contributed by atoms with Gasteiger partial charge in [-0.05, 0) is 31.2 Å². The number of fused-ring (bicyclic) bond motifs is 2. The van der Waals surface area contributed by atoms with Crippen LogP contribution in [0.5, 0.6) is 11.5 Å². The maximum atomic E-state index is 12.8. The molecule has 1 amide bonds. The number of amides is 1. The maximum Gasteiger partial charge on any atom is 0.252 e. The van der Waals surface area contributed by atoms with E-state index in [0.29, 0.717) is 19.6 Å². The second-order valence-electron chi connectivity index (χ2n) is 7.10. The number of rotatable bonds is 5. The van der Waals surface area contributed by atoms with Crippen molar-refractivity contribution in [3.63, 3.8) is 0 Å². The standard InChI is InChI=1S/C22H24N2O3S2/c1-14-4-5-16(15(2)10-14)11-21(25)23-22-24(6-9-28-3)17-12-18-19(13-20(17)29-22)27-8-7-26-18/h4-5,10,12-13H,6-9,11H2,1-3H3. The molecule has 0 spiro atoms. The number of ether oxygens (including phenoxy) is 2. The molecule has 0 saturated heterocycles. The maximum absolute atomic E-state index is 12.8. The highest BCUT2D eigenvalue weighted by Gasteiger charge is 2.17. The second-order valence-corrected chi connectivity index (χ2v) is 9.10. The lowest BCUT2D eigenvalue weighted by molar-refractivity contribution is -0.117. The van der Waals surface area contributed by atoms with Gasteiger partial charge in [-0.15, -0.1) is 0 Å². The van der Waals surface area contributed by atoms with E-state index in [4.69, 9.17) is 9.47 Å². The van der Waals surface area contributed by atoms with E-state index in [9.17, 15) is 4.79 Å². The summed E-state index contributed by atoms with van der Waals surface area (Å²) in [5.41, 5.74) is 4.38. The van der Waals surface area contributed by atoms with Gasteiger partial charge in [-0.3, -0.25) is 4.79 Å². The molecular formula is C22H24N2O3S2. The number of carbonyl (C=O) groups is 1. The van der Waals surface area contributed by atoms with Crippen molar-refractivity contribution < 1.29 is 14.3 Å². The van der Waals surface area contributed by atoms with Crippen LogP contribution in [0.2, 0.25) is 0 Å². The number of nitrogens with zero attached hydrogens (tertiary/aromatic N) is 2. The summed E-state index contributed by atoms with van der Waals surface area (Å²) in [7, 11) is 0. The number of carbonyl (C=O) groups excluding carboxylic acids is 1. The van der Waals surface area contributed by atoms with Crippen LogP contribution in [-0.2, 0) is 17.8 Å². The van der Waals surface area contributed by atoms with Gasteiger partial charge in [-0.2, -0.15) is 16.8 Å². The van der Waals surface area contributed by atoms with E-state index >= 15 is 0 Å². The Bertz CT molecular complexity index is 1130. The Labute approximate surface area is 178 Å². The summed E-state index contributed by atoms with van der Waals surface area (Å²) in [6.07, 6.45) is 2.39. The van der Waals surface area contributed by atoms with E-state index in [1.165, 1.54) is 16.9 Å². The highest BCUT2D eigenvalue weighted by Crippen LogP contribution is 2.35. The number of benzene rings is 2. The van der Waals surface area contributed by atoms with E-state index < -0.39 is 0 Å². The van der Waals surface area contributed by atoms with Gasteiger partial charge < -0.3 is 14.0 Å². The first kappa shape index (κ1) is 20.0. The minimum atomic E-state index is -0.126. The summed E-state index contributed by atoms with van der Waals surface area (Å²) in [5, 5.41) is 0. The van der Waals surface area contributed by atoms with Crippen LogP contribution in [0.15, 0.2) is 35.3 Å². The number of thioether (sulfide) groups is 1. The fourth-order valence-corrected chi connectivity index (χ4v) is 4.89. The summed E-state index contributed by atoms with van der Waals surface area (Å²) in [4.78, 5) is 18.0. The van der Waals surface area contributed by atoms with Gasteiger partial charge in [-0.25, -0.2) is 0 Å². The molecule has 0 fully saturated rings. The molecule has 1 aromatic heterocycles. The number of aryl methyl sites for hydroxylation is 3. The minimum absolute atomic E-state index is 0.126. The predicted molar refractivity (Wildman–Crippen MR) is 119 cm³/mol. The zero-order chi connectivity index (χ0) is 20.4. The van der Waals surface area contributed by atoms with Gasteiger partial charge in [-0.1, -0.05) is 35.1 Å². The van der Waals surface area contributed by atoms with Crippen LogP contribution in [0.3, 0.4) is 0 Å².